The van der Waals surface area contributed by atoms with Crippen LogP contribution in [0, 0.1) is 0 Å². The number of carbonyl (C=O) groups excluding carboxylic acids is 1. The van der Waals surface area contributed by atoms with Gasteiger partial charge in [0.25, 0.3) is 0 Å². The van der Waals surface area contributed by atoms with E-state index in [2.05, 4.69) is 116 Å². The molecule has 0 spiro atoms. The summed E-state index contributed by atoms with van der Waals surface area (Å²) >= 11 is 0. The maximum absolute atomic E-state index is 12.9. The van der Waals surface area contributed by atoms with Gasteiger partial charge in [-0.15, -0.1) is 0 Å². The normalized spacial score (nSPS) is 14.9. The molecular weight excluding hydrogens is 888 g/mol. The number of hydrogen-bond donors (Lipinski definition) is 3. The van der Waals surface area contributed by atoms with E-state index in [1.54, 1.807) is 6.08 Å². The third-order valence-electron chi connectivity index (χ3n) is 11.7. The fraction of sp³-hybridized carbons (Fsp3) is 0.656. The van der Waals surface area contributed by atoms with Gasteiger partial charge >= 0.3 is 7.82 Å². The largest absolute Gasteiger partial charge is 0.472 e. The lowest BCUT2D eigenvalue weighted by Crippen LogP contribution is -2.45. The maximum atomic E-state index is 12.9. The number of phosphoric acid groups is 1. The molecule has 0 aliphatic heterocycles. The molecule has 0 aromatic rings. The zero-order valence-corrected chi connectivity index (χ0v) is 46.4. The molecule has 3 unspecified atom stereocenters. The Morgan fingerprint density at radius 1 is 0.514 bits per heavy atom. The van der Waals surface area contributed by atoms with Crippen LogP contribution in [0.3, 0.4) is 0 Å². The Morgan fingerprint density at radius 3 is 1.31 bits per heavy atom. The summed E-state index contributed by atoms with van der Waals surface area (Å²) in [7, 11) is 1.53. The van der Waals surface area contributed by atoms with Gasteiger partial charge in [0.2, 0.25) is 5.91 Å². The van der Waals surface area contributed by atoms with Crippen molar-refractivity contribution in [2.24, 2.45) is 0 Å². The summed E-state index contributed by atoms with van der Waals surface area (Å²) in [6, 6.07) is -0.873. The maximum Gasteiger partial charge on any atom is 0.472 e. The number of nitrogens with zero attached hydrogens (tertiary/aromatic N) is 1. The minimum atomic E-state index is -4.35. The second-order valence-corrected chi connectivity index (χ2v) is 21.0. The molecule has 70 heavy (non-hydrogen) atoms. The van der Waals surface area contributed by atoms with Gasteiger partial charge in [0.05, 0.1) is 39.9 Å². The Kier molecular flexibility index (Phi) is 48.6. The molecule has 0 heterocycles. The molecule has 8 nitrogen and oxygen atoms in total. The molecule has 0 bridgehead atoms. The van der Waals surface area contributed by atoms with Crippen LogP contribution in [0.25, 0.3) is 0 Å². The molecule has 0 aliphatic carbocycles. The van der Waals surface area contributed by atoms with Gasteiger partial charge < -0.3 is 19.8 Å². The van der Waals surface area contributed by atoms with Crippen LogP contribution in [0.5, 0.6) is 0 Å². The minimum Gasteiger partial charge on any atom is -0.387 e. The molecule has 0 radical (unpaired) electrons. The van der Waals surface area contributed by atoms with E-state index in [9.17, 15) is 19.4 Å². The third kappa shape index (κ3) is 52.7. The van der Waals surface area contributed by atoms with E-state index in [0.29, 0.717) is 17.4 Å². The molecular formula is C61H106N2O6P+. The van der Waals surface area contributed by atoms with Crippen LogP contribution in [0.15, 0.2) is 122 Å². The van der Waals surface area contributed by atoms with Crippen molar-refractivity contribution in [3.8, 4) is 0 Å². The van der Waals surface area contributed by atoms with E-state index >= 15 is 0 Å². The van der Waals surface area contributed by atoms with Crippen molar-refractivity contribution in [1.82, 2.24) is 5.32 Å². The van der Waals surface area contributed by atoms with E-state index < -0.39 is 20.0 Å². The number of aliphatic hydroxyl groups is 1. The topological polar surface area (TPSA) is 105 Å². The average molecular weight is 995 g/mol. The SMILES string of the molecule is C/C=C/CC/C=C/CC/C=C/C(O)C(COP(=O)(O)OCC[N+](C)(C)C)NC(=O)CCCCCCCCCCCCCCCCCCC/C=C\C/C=C\C/C=C\C/C=C\C/C=C\C/C=C\C/C=C\CC. The lowest BCUT2D eigenvalue weighted by atomic mass is 10.0. The van der Waals surface area contributed by atoms with Crippen molar-refractivity contribution < 1.29 is 32.9 Å². The summed E-state index contributed by atoms with van der Waals surface area (Å²) in [6.07, 6.45) is 76.3. The van der Waals surface area contributed by atoms with Crippen molar-refractivity contribution in [3.05, 3.63) is 122 Å². The van der Waals surface area contributed by atoms with E-state index in [4.69, 9.17) is 9.05 Å². The third-order valence-corrected chi connectivity index (χ3v) is 12.7. The second kappa shape index (κ2) is 50.8. The van der Waals surface area contributed by atoms with Crippen LogP contribution in [0.1, 0.15) is 206 Å². The number of likely N-dealkylation sites (N-methyl/N-ethyl adjacent to an activating group) is 1. The Hall–Kier alpha value is -3.10. The Balaban J connectivity index is 3.93. The van der Waals surface area contributed by atoms with Gasteiger partial charge in [-0.25, -0.2) is 4.57 Å². The highest BCUT2D eigenvalue weighted by atomic mass is 31.2. The Labute approximate surface area is 431 Å². The first kappa shape index (κ1) is 66.9. The fourth-order valence-electron chi connectivity index (χ4n) is 7.41. The number of hydrogen-bond acceptors (Lipinski definition) is 5. The first-order valence-corrected chi connectivity index (χ1v) is 29.4. The van der Waals surface area contributed by atoms with Crippen molar-refractivity contribution >= 4 is 13.7 Å². The van der Waals surface area contributed by atoms with Crippen LogP contribution < -0.4 is 5.32 Å². The molecule has 1 amide bonds. The number of nitrogens with one attached hydrogen (secondary N) is 1. The molecule has 3 atom stereocenters. The first-order valence-electron chi connectivity index (χ1n) is 27.9. The molecule has 0 aromatic heterocycles. The quantitative estimate of drug-likeness (QED) is 0.0243. The highest BCUT2D eigenvalue weighted by Gasteiger charge is 2.27. The summed E-state index contributed by atoms with van der Waals surface area (Å²) in [4.78, 5) is 23.1. The van der Waals surface area contributed by atoms with E-state index in [1.165, 1.54) is 96.3 Å². The first-order chi connectivity index (χ1) is 34.0. The summed E-state index contributed by atoms with van der Waals surface area (Å²) in [5.41, 5.74) is 0. The number of aliphatic hydroxyl groups excluding tert-OH is 1. The van der Waals surface area contributed by atoms with Crippen molar-refractivity contribution in [2.75, 3.05) is 40.9 Å². The predicted molar refractivity (Wildman–Crippen MR) is 304 cm³/mol. The molecule has 9 heteroatoms. The zero-order valence-electron chi connectivity index (χ0n) is 45.5. The number of allylic oxidation sites excluding steroid dienone is 19. The van der Waals surface area contributed by atoms with Crippen LogP contribution in [-0.4, -0.2) is 73.4 Å². The number of carbonyl (C=O) groups is 1. The molecule has 0 rings (SSSR count). The van der Waals surface area contributed by atoms with Crippen LogP contribution >= 0.6 is 7.82 Å². The predicted octanol–water partition coefficient (Wildman–Crippen LogP) is 17.0. The number of phosphoric ester groups is 1. The van der Waals surface area contributed by atoms with E-state index in [-0.39, 0.29) is 19.1 Å². The summed E-state index contributed by atoms with van der Waals surface area (Å²) in [6.45, 7) is 4.42. The van der Waals surface area contributed by atoms with E-state index in [1.807, 2.05) is 40.2 Å². The minimum absolute atomic E-state index is 0.0490. The Bertz CT molecular complexity index is 1550. The fourth-order valence-corrected chi connectivity index (χ4v) is 8.15. The average Bonchev–Trinajstić information content (AvgIpc) is 3.32. The molecule has 3 N–H and O–H groups in total. The molecule has 0 fully saturated rings. The zero-order chi connectivity index (χ0) is 51.3. The number of rotatable bonds is 49. The second-order valence-electron chi connectivity index (χ2n) is 19.6. The molecule has 0 aromatic carbocycles. The van der Waals surface area contributed by atoms with Gasteiger partial charge in [0.1, 0.15) is 13.2 Å². The number of quaternary nitrogens is 1. The van der Waals surface area contributed by atoms with E-state index in [0.717, 1.165) is 89.9 Å². The lowest BCUT2D eigenvalue weighted by molar-refractivity contribution is -0.870. The van der Waals surface area contributed by atoms with Crippen molar-refractivity contribution in [1.29, 1.82) is 0 Å². The monoisotopic (exact) mass is 994 g/mol. The van der Waals surface area contributed by atoms with Gasteiger partial charge in [-0.1, -0.05) is 225 Å². The van der Waals surface area contributed by atoms with Gasteiger partial charge in [0.15, 0.2) is 0 Å². The summed E-state index contributed by atoms with van der Waals surface area (Å²) < 4.78 is 23.5. The summed E-state index contributed by atoms with van der Waals surface area (Å²) in [5, 5.41) is 13.8. The van der Waals surface area contributed by atoms with Crippen LogP contribution in [-0.2, 0) is 18.4 Å². The highest BCUT2D eigenvalue weighted by molar-refractivity contribution is 7.47. The highest BCUT2D eigenvalue weighted by Crippen LogP contribution is 2.43. The smallest absolute Gasteiger partial charge is 0.387 e. The van der Waals surface area contributed by atoms with Crippen LogP contribution in [0.2, 0.25) is 0 Å². The van der Waals surface area contributed by atoms with Gasteiger partial charge in [0, 0.05) is 6.42 Å². The Morgan fingerprint density at radius 2 is 0.886 bits per heavy atom. The molecule has 0 saturated heterocycles. The lowest BCUT2D eigenvalue weighted by Gasteiger charge is -2.25. The molecule has 0 saturated carbocycles. The number of unbranched alkanes of at least 4 members (excludes halogenated alkanes) is 19. The van der Waals surface area contributed by atoms with Crippen molar-refractivity contribution in [3.63, 3.8) is 0 Å². The summed E-state index contributed by atoms with van der Waals surface area (Å²) in [5.74, 6) is -0.198. The van der Waals surface area contributed by atoms with Gasteiger partial charge in [-0.3, -0.25) is 13.8 Å². The van der Waals surface area contributed by atoms with Gasteiger partial charge in [-0.05, 0) is 96.8 Å². The molecule has 400 valence electrons. The standard InChI is InChI=1S/C61H105N2O6P/c1-6-8-10-12-14-16-17-18-19-20-21-22-23-24-25-26-27-28-29-30-31-32-33-34-35-36-37-38-39-40-41-42-43-44-45-47-49-51-53-55-61(65)62-59(58-69-70(66,67)68-57-56-63(3,4)5)60(64)54-52-50-48-46-15-13-11-9-7-2/h7-10,14-16,18-19,21-22,24-25,27-28,30-31,46,52,54,59-60,64H,6,11-13,17,20,23,26,29,32-45,47-51,53,55-58H2,1-5H3,(H-,62,65,66,67)/p+1/b9-7+,10-8-,16-14-,19-18-,22-21-,25-24-,28-27-,31-30-,46-15+,54-52+. The molecule has 0 aliphatic rings. The number of amides is 1. The van der Waals surface area contributed by atoms with Crippen molar-refractivity contribution in [2.45, 2.75) is 219 Å². The van der Waals surface area contributed by atoms with Gasteiger partial charge in [-0.2, -0.15) is 0 Å². The van der Waals surface area contributed by atoms with Crippen LogP contribution in [0.4, 0.5) is 0 Å².